The quantitative estimate of drug-likeness (QED) is 0.608. The molecule has 0 aliphatic carbocycles. The van der Waals surface area contributed by atoms with E-state index in [4.69, 9.17) is 0 Å². The Labute approximate surface area is 65.8 Å². The van der Waals surface area contributed by atoms with E-state index in [1.165, 1.54) is 0 Å². The van der Waals surface area contributed by atoms with Crippen LogP contribution >= 0.6 is 65.6 Å². The van der Waals surface area contributed by atoms with Gasteiger partial charge in [0.25, 0.3) is 0 Å². The van der Waals surface area contributed by atoms with Crippen molar-refractivity contribution in [3.8, 4) is 0 Å². The van der Waals surface area contributed by atoms with Gasteiger partial charge in [-0.3, -0.25) is 6.99 Å². The van der Waals surface area contributed by atoms with Gasteiger partial charge in [0.2, 0.25) is 0 Å². The Kier molecular flexibility index (Phi) is 8.60. The van der Waals surface area contributed by atoms with Crippen LogP contribution in [0.2, 0.25) is 0 Å². The van der Waals surface area contributed by atoms with E-state index < -0.39 is 0 Å². The topological polar surface area (TPSA) is 0 Å². The van der Waals surface area contributed by atoms with E-state index >= 15 is 0 Å². The average molecular weight is 255 g/mol. The zero-order chi connectivity index (χ0) is 6.73. The lowest BCUT2D eigenvalue weighted by Gasteiger charge is -2.46. The third-order valence-corrected chi connectivity index (χ3v) is 33.1. The first-order valence-electron chi connectivity index (χ1n) is 1.59. The summed E-state index contributed by atoms with van der Waals surface area (Å²) in [6.45, 7) is -0.0926. The first-order chi connectivity index (χ1) is 3.55. The Bertz CT molecular complexity index is 45.1. The van der Waals surface area contributed by atoms with E-state index in [0.29, 0.717) is 0 Å². The van der Waals surface area contributed by atoms with Crippen molar-refractivity contribution < 1.29 is 0 Å². The van der Waals surface area contributed by atoms with Crippen LogP contribution in [0.25, 0.3) is 0 Å². The minimum absolute atomic E-state index is 0.0103. The molecule has 0 heterocycles. The summed E-state index contributed by atoms with van der Waals surface area (Å²) in [4.78, 5) is 0. The minimum Gasteiger partial charge on any atom is -0.555 e. The smallest absolute Gasteiger partial charge is 0.0742 e. The van der Waals surface area contributed by atoms with Gasteiger partial charge < -0.3 is 33.8 Å². The SMILES string of the molecule is [PH-]P([PH-])P([PH-])P(P)P. The van der Waals surface area contributed by atoms with Gasteiger partial charge >= 0.3 is 0 Å². The zero-order valence-electron chi connectivity index (χ0n) is 4.00. The average Bonchev–Trinajstić information content (AvgIpc) is 1.64. The molecule has 3 unspecified atom stereocenters. The monoisotopic (exact) mass is 255 g/mol. The highest BCUT2D eigenvalue weighted by molar-refractivity contribution is 9.06. The van der Waals surface area contributed by atoms with Crippen molar-refractivity contribution in [1.29, 1.82) is 0 Å². The highest BCUT2D eigenvalue weighted by atomic mass is 33.1. The molecule has 0 saturated heterocycles. The van der Waals surface area contributed by atoms with Crippen molar-refractivity contribution >= 4 is 65.6 Å². The van der Waals surface area contributed by atoms with Crippen LogP contribution < -0.4 is 0 Å². The van der Waals surface area contributed by atoms with Crippen LogP contribution in [0, 0.1) is 0 Å². The molecule has 0 saturated carbocycles. The second-order valence-electron chi connectivity index (χ2n) is 0.981. The summed E-state index contributed by atoms with van der Waals surface area (Å²) in [5, 5.41) is 0. The summed E-state index contributed by atoms with van der Waals surface area (Å²) in [5.41, 5.74) is 0. The Hall–Kier alpha value is 3.44. The lowest BCUT2D eigenvalue weighted by atomic mass is 28.8. The molecule has 3 atom stereocenters. The van der Waals surface area contributed by atoms with Crippen LogP contribution in [0.1, 0.15) is 0 Å². The zero-order valence-corrected chi connectivity index (χ0v) is 12.0. The summed E-state index contributed by atoms with van der Waals surface area (Å²) in [6.07, 6.45) is 0. The van der Waals surface area contributed by atoms with Gasteiger partial charge in [0.1, 0.15) is 0 Å². The molecule has 0 nitrogen and oxygen atoms in total. The summed E-state index contributed by atoms with van der Waals surface area (Å²) >= 11 is 0. The Morgan fingerprint density at radius 2 is 1.38 bits per heavy atom. The first-order valence-corrected chi connectivity index (χ1v) is 14.3. The largest absolute Gasteiger partial charge is 0.555 e. The molecule has 0 bridgehead atoms. The van der Waals surface area contributed by atoms with E-state index in [0.717, 1.165) is 0 Å². The summed E-state index contributed by atoms with van der Waals surface area (Å²) in [7, 11) is 16.3. The second-order valence-corrected chi connectivity index (χ2v) is 26.5. The molecule has 0 aliphatic rings. The van der Waals surface area contributed by atoms with E-state index in [1.807, 2.05) is 0 Å². The maximum atomic E-state index is 3.64. The maximum absolute atomic E-state index is 3.64. The number of rotatable bonds is 2. The van der Waals surface area contributed by atoms with Gasteiger partial charge in [-0.2, -0.15) is 0 Å². The van der Waals surface area contributed by atoms with E-state index in [1.54, 1.807) is 0 Å². The van der Waals surface area contributed by atoms with E-state index in [9.17, 15) is 0 Å². The number of hydrogen-bond acceptors (Lipinski definition) is 0. The summed E-state index contributed by atoms with van der Waals surface area (Å²) in [5.74, 6) is 0. The summed E-state index contributed by atoms with van der Waals surface area (Å²) < 4.78 is 0. The maximum Gasteiger partial charge on any atom is -0.0742 e. The molecule has 0 radical (unpaired) electrons. The molecular weight excluding hydrogens is 248 g/mol. The van der Waals surface area contributed by atoms with Gasteiger partial charge in [-0.15, -0.1) is 17.9 Å². The van der Waals surface area contributed by atoms with Gasteiger partial charge in [-0.1, -0.05) is 6.99 Å². The third-order valence-electron chi connectivity index (χ3n) is 0.408. The van der Waals surface area contributed by atoms with Gasteiger partial charge in [-0.05, 0) is 0 Å². The highest BCUT2D eigenvalue weighted by Crippen LogP contribution is 3.00. The fraction of sp³-hybridized carbons (Fsp3) is 0. The van der Waals surface area contributed by atoms with Crippen molar-refractivity contribution in [3.63, 3.8) is 0 Å². The normalized spacial score (nSPS) is 15.4. The van der Waals surface area contributed by atoms with Crippen molar-refractivity contribution in [2.75, 3.05) is 0 Å². The van der Waals surface area contributed by atoms with Crippen LogP contribution in [0.4, 0.5) is 0 Å². The van der Waals surface area contributed by atoms with Crippen LogP contribution in [0.3, 0.4) is 0 Å². The van der Waals surface area contributed by atoms with Crippen LogP contribution in [0.5, 0.6) is 0 Å². The van der Waals surface area contributed by atoms with Crippen LogP contribution in [-0.4, -0.2) is 0 Å². The molecule has 8 heavy (non-hydrogen) atoms. The van der Waals surface area contributed by atoms with E-state index in [2.05, 4.69) is 44.6 Å². The van der Waals surface area contributed by atoms with Crippen molar-refractivity contribution in [3.05, 3.63) is 0 Å². The molecule has 0 aliphatic heterocycles. The molecule has 0 aromatic heterocycles. The first kappa shape index (κ1) is 11.4. The molecule has 0 rings (SSSR count). The molecular formula is H7P8-3. The third kappa shape index (κ3) is 5.14. The molecule has 0 N–H and O–H groups in total. The van der Waals surface area contributed by atoms with Gasteiger partial charge in [0.15, 0.2) is 0 Å². The van der Waals surface area contributed by atoms with Gasteiger partial charge in [-0.25, -0.2) is 0 Å². The van der Waals surface area contributed by atoms with Crippen molar-refractivity contribution in [2.45, 2.75) is 0 Å². The minimum atomic E-state index is -0.124. The fourth-order valence-electron chi connectivity index (χ4n) is 0.103. The predicted octanol–water partition coefficient (Wildman–Crippen LogP) is 5.02. The Morgan fingerprint density at radius 3 is 1.38 bits per heavy atom. The Balaban J connectivity index is 3.46. The fourth-order valence-corrected chi connectivity index (χ4v) is 25.1. The Morgan fingerprint density at radius 1 is 1.00 bits per heavy atom. The lowest BCUT2D eigenvalue weighted by Crippen LogP contribution is -1.27. The van der Waals surface area contributed by atoms with Crippen molar-refractivity contribution in [2.24, 2.45) is 0 Å². The molecule has 0 fully saturated rings. The van der Waals surface area contributed by atoms with Gasteiger partial charge in [0, 0.05) is 0 Å². The van der Waals surface area contributed by atoms with E-state index in [-0.39, 0.29) is 21.0 Å². The van der Waals surface area contributed by atoms with Crippen LogP contribution in [0.15, 0.2) is 0 Å². The van der Waals surface area contributed by atoms with Crippen LogP contribution in [-0.2, 0) is 0 Å². The second kappa shape index (κ2) is 6.01. The molecule has 8 heteroatoms. The molecule has 0 aromatic carbocycles. The molecule has 0 aromatic rings. The molecule has 0 spiro atoms. The predicted molar refractivity (Wildman–Crippen MR) is 65.1 cm³/mol. The molecule has 50 valence electrons. The highest BCUT2D eigenvalue weighted by Gasteiger charge is 1.88. The van der Waals surface area contributed by atoms with Gasteiger partial charge in [0.05, 0.1) is 0 Å². The van der Waals surface area contributed by atoms with Crippen molar-refractivity contribution in [1.82, 2.24) is 0 Å². The standard InChI is InChI=1S/H7P8/c1-6(2)8(5)7(3)4/h1-2,5H,3-4H2/q-3. The number of hydrogen-bond donors (Lipinski definition) is 0. The summed E-state index contributed by atoms with van der Waals surface area (Å²) in [6, 6.07) is 0. The molecule has 0 amide bonds. The lowest BCUT2D eigenvalue weighted by molar-refractivity contribution is 4.79.